The molecule has 0 radical (unpaired) electrons. The zero-order valence-corrected chi connectivity index (χ0v) is 15.3. The molecule has 3 rings (SSSR count). The van der Waals surface area contributed by atoms with Gasteiger partial charge in [-0.25, -0.2) is 9.98 Å². The lowest BCUT2D eigenvalue weighted by Gasteiger charge is -2.11. The minimum absolute atomic E-state index is 0.152. The van der Waals surface area contributed by atoms with Crippen LogP contribution in [0.4, 0.5) is 5.69 Å². The van der Waals surface area contributed by atoms with Crippen LogP contribution in [-0.4, -0.2) is 23.7 Å². The SMILES string of the molecule is CC(C)Oc1ccc(NC(N)=NCc2ccnc(OCC3CC3)c2)cc1. The van der Waals surface area contributed by atoms with Gasteiger partial charge >= 0.3 is 0 Å². The number of anilines is 1. The Hall–Kier alpha value is -2.76. The van der Waals surface area contributed by atoms with E-state index in [1.54, 1.807) is 6.20 Å². The fourth-order valence-electron chi connectivity index (χ4n) is 2.37. The molecule has 0 aliphatic heterocycles. The van der Waals surface area contributed by atoms with Crippen LogP contribution in [-0.2, 0) is 6.54 Å². The highest BCUT2D eigenvalue weighted by Crippen LogP contribution is 2.29. The van der Waals surface area contributed by atoms with Gasteiger partial charge in [-0.05, 0) is 68.5 Å². The molecule has 1 heterocycles. The first-order valence-corrected chi connectivity index (χ1v) is 9.00. The molecule has 0 bridgehead atoms. The predicted molar refractivity (Wildman–Crippen MR) is 104 cm³/mol. The van der Waals surface area contributed by atoms with Gasteiger partial charge in [0.25, 0.3) is 0 Å². The van der Waals surface area contributed by atoms with Crippen LogP contribution in [0.15, 0.2) is 47.6 Å². The molecule has 0 saturated heterocycles. The van der Waals surface area contributed by atoms with Gasteiger partial charge in [0.2, 0.25) is 5.88 Å². The highest BCUT2D eigenvalue weighted by Gasteiger charge is 2.22. The van der Waals surface area contributed by atoms with Crippen LogP contribution in [0, 0.1) is 5.92 Å². The second-order valence-corrected chi connectivity index (χ2v) is 6.77. The Morgan fingerprint density at radius 3 is 2.73 bits per heavy atom. The summed E-state index contributed by atoms with van der Waals surface area (Å²) >= 11 is 0. The van der Waals surface area contributed by atoms with Crippen molar-refractivity contribution < 1.29 is 9.47 Å². The third-order valence-corrected chi connectivity index (χ3v) is 3.89. The van der Waals surface area contributed by atoms with Gasteiger partial charge in [0.05, 0.1) is 19.3 Å². The molecule has 26 heavy (non-hydrogen) atoms. The lowest BCUT2D eigenvalue weighted by Crippen LogP contribution is -2.22. The molecular weight excluding hydrogens is 328 g/mol. The van der Waals surface area contributed by atoms with E-state index in [1.807, 2.05) is 50.2 Å². The fraction of sp³-hybridized carbons (Fsp3) is 0.400. The van der Waals surface area contributed by atoms with Crippen molar-refractivity contribution >= 4 is 11.6 Å². The van der Waals surface area contributed by atoms with Crippen molar-refractivity contribution in [3.63, 3.8) is 0 Å². The lowest BCUT2D eigenvalue weighted by atomic mass is 10.2. The van der Waals surface area contributed by atoms with Gasteiger partial charge in [0.1, 0.15) is 5.75 Å². The van der Waals surface area contributed by atoms with Gasteiger partial charge in [-0.3, -0.25) is 0 Å². The van der Waals surface area contributed by atoms with E-state index < -0.39 is 0 Å². The number of hydrogen-bond acceptors (Lipinski definition) is 4. The maximum absolute atomic E-state index is 5.98. The quantitative estimate of drug-likeness (QED) is 0.559. The highest BCUT2D eigenvalue weighted by atomic mass is 16.5. The number of nitrogens with one attached hydrogen (secondary N) is 1. The number of ether oxygens (including phenoxy) is 2. The van der Waals surface area contributed by atoms with Crippen molar-refractivity contribution in [2.24, 2.45) is 16.6 Å². The molecule has 2 aromatic rings. The number of hydrogen-bond donors (Lipinski definition) is 2. The molecule has 0 unspecified atom stereocenters. The van der Waals surface area contributed by atoms with Gasteiger partial charge < -0.3 is 20.5 Å². The van der Waals surface area contributed by atoms with Crippen molar-refractivity contribution in [1.29, 1.82) is 0 Å². The smallest absolute Gasteiger partial charge is 0.213 e. The summed E-state index contributed by atoms with van der Waals surface area (Å²) < 4.78 is 11.3. The number of nitrogens with two attached hydrogens (primary N) is 1. The zero-order chi connectivity index (χ0) is 18.4. The molecular formula is C20H26N4O2. The predicted octanol–water partition coefficient (Wildman–Crippen LogP) is 3.58. The largest absolute Gasteiger partial charge is 0.491 e. The molecule has 1 saturated carbocycles. The Kier molecular flexibility index (Phi) is 5.94. The van der Waals surface area contributed by atoms with Gasteiger partial charge in [-0.15, -0.1) is 0 Å². The molecule has 0 amide bonds. The molecule has 3 N–H and O–H groups in total. The van der Waals surface area contributed by atoms with Crippen molar-refractivity contribution in [2.75, 3.05) is 11.9 Å². The standard InChI is InChI=1S/C20H26N4O2/c1-14(2)26-18-7-5-17(6-8-18)24-20(21)23-12-16-9-10-22-19(11-16)25-13-15-3-4-15/h5-11,14-15H,3-4,12-13H2,1-2H3,(H3,21,23,24). The lowest BCUT2D eigenvalue weighted by molar-refractivity contribution is 0.242. The average molecular weight is 354 g/mol. The fourth-order valence-corrected chi connectivity index (χ4v) is 2.37. The number of pyridine rings is 1. The number of guanidine groups is 1. The van der Waals surface area contributed by atoms with E-state index in [-0.39, 0.29) is 6.10 Å². The van der Waals surface area contributed by atoms with Gasteiger partial charge in [-0.1, -0.05) is 0 Å². The maximum atomic E-state index is 5.98. The molecule has 138 valence electrons. The Labute approximate surface area is 154 Å². The topological polar surface area (TPSA) is 81.8 Å². The molecule has 0 spiro atoms. The summed E-state index contributed by atoms with van der Waals surface area (Å²) in [4.78, 5) is 8.61. The normalized spacial score (nSPS) is 14.3. The second kappa shape index (κ2) is 8.56. The Morgan fingerprint density at radius 2 is 2.04 bits per heavy atom. The summed E-state index contributed by atoms with van der Waals surface area (Å²) in [6, 6.07) is 11.5. The molecule has 1 aromatic heterocycles. The summed E-state index contributed by atoms with van der Waals surface area (Å²) in [5.41, 5.74) is 7.85. The highest BCUT2D eigenvalue weighted by molar-refractivity contribution is 5.92. The number of rotatable bonds is 8. The summed E-state index contributed by atoms with van der Waals surface area (Å²) in [6.07, 6.45) is 4.41. The van der Waals surface area contributed by atoms with Gasteiger partial charge in [0, 0.05) is 18.0 Å². The summed E-state index contributed by atoms with van der Waals surface area (Å²) in [7, 11) is 0. The summed E-state index contributed by atoms with van der Waals surface area (Å²) in [5, 5.41) is 3.08. The van der Waals surface area contributed by atoms with Crippen LogP contribution in [0.3, 0.4) is 0 Å². The first-order chi connectivity index (χ1) is 12.6. The van der Waals surface area contributed by atoms with E-state index in [4.69, 9.17) is 15.2 Å². The van der Waals surface area contributed by atoms with Crippen molar-refractivity contribution in [1.82, 2.24) is 4.98 Å². The van der Waals surface area contributed by atoms with E-state index >= 15 is 0 Å². The number of aliphatic imine (C=N–C) groups is 1. The first kappa shape index (κ1) is 18.0. The molecule has 6 heteroatoms. The summed E-state index contributed by atoms with van der Waals surface area (Å²) in [6.45, 7) is 5.21. The number of nitrogens with zero attached hydrogens (tertiary/aromatic N) is 2. The van der Waals surface area contributed by atoms with Crippen LogP contribution in [0.1, 0.15) is 32.3 Å². The van der Waals surface area contributed by atoms with Crippen LogP contribution in [0.25, 0.3) is 0 Å². The van der Waals surface area contributed by atoms with E-state index in [9.17, 15) is 0 Å². The first-order valence-electron chi connectivity index (χ1n) is 9.00. The third kappa shape index (κ3) is 5.95. The molecule has 6 nitrogen and oxygen atoms in total. The van der Waals surface area contributed by atoms with E-state index in [0.717, 1.165) is 23.6 Å². The zero-order valence-electron chi connectivity index (χ0n) is 15.3. The van der Waals surface area contributed by atoms with Crippen molar-refractivity contribution in [3.8, 4) is 11.6 Å². The van der Waals surface area contributed by atoms with Crippen molar-refractivity contribution in [2.45, 2.75) is 39.3 Å². The van der Waals surface area contributed by atoms with E-state index in [2.05, 4.69) is 15.3 Å². The molecule has 0 atom stereocenters. The van der Waals surface area contributed by atoms with Gasteiger partial charge in [-0.2, -0.15) is 0 Å². The minimum Gasteiger partial charge on any atom is -0.491 e. The van der Waals surface area contributed by atoms with E-state index in [0.29, 0.717) is 24.3 Å². The maximum Gasteiger partial charge on any atom is 0.213 e. The van der Waals surface area contributed by atoms with E-state index in [1.165, 1.54) is 12.8 Å². The summed E-state index contributed by atoms with van der Waals surface area (Å²) in [5.74, 6) is 2.55. The average Bonchev–Trinajstić information content (AvgIpc) is 3.44. The Morgan fingerprint density at radius 1 is 1.27 bits per heavy atom. The second-order valence-electron chi connectivity index (χ2n) is 6.77. The van der Waals surface area contributed by atoms with Crippen LogP contribution in [0.2, 0.25) is 0 Å². The number of benzene rings is 1. The Bertz CT molecular complexity index is 740. The van der Waals surface area contributed by atoms with Crippen LogP contribution < -0.4 is 20.5 Å². The monoisotopic (exact) mass is 354 g/mol. The van der Waals surface area contributed by atoms with Crippen molar-refractivity contribution in [3.05, 3.63) is 48.2 Å². The molecule has 1 aromatic carbocycles. The number of aromatic nitrogens is 1. The Balaban J connectivity index is 1.51. The molecule has 1 aliphatic carbocycles. The third-order valence-electron chi connectivity index (χ3n) is 3.89. The van der Waals surface area contributed by atoms with Crippen LogP contribution in [0.5, 0.6) is 11.6 Å². The van der Waals surface area contributed by atoms with Gasteiger partial charge in [0.15, 0.2) is 5.96 Å². The minimum atomic E-state index is 0.152. The van der Waals surface area contributed by atoms with Crippen LogP contribution >= 0.6 is 0 Å². The molecule has 1 aliphatic rings. The molecule has 1 fully saturated rings.